The summed E-state index contributed by atoms with van der Waals surface area (Å²) in [5.74, 6) is 0.257. The molecule has 0 spiro atoms. The Kier molecular flexibility index (Phi) is 6.46. The Morgan fingerprint density at radius 1 is 1.12 bits per heavy atom. The molecular weight excluding hydrogens is 442 g/mol. The van der Waals surface area contributed by atoms with Gasteiger partial charge in [0.05, 0.1) is 15.1 Å². The molecule has 32 heavy (non-hydrogen) atoms. The lowest BCUT2D eigenvalue weighted by atomic mass is 9.94. The van der Waals surface area contributed by atoms with Crippen molar-refractivity contribution in [2.75, 3.05) is 13.1 Å². The van der Waals surface area contributed by atoms with Gasteiger partial charge >= 0.3 is 0 Å². The molecule has 0 bridgehead atoms. The van der Waals surface area contributed by atoms with Gasteiger partial charge in [0, 0.05) is 25.2 Å². The number of carbonyl (C=O) groups is 1. The summed E-state index contributed by atoms with van der Waals surface area (Å²) in [4.78, 5) is 18.0. The standard InChI is InChI=1S/C24H27N3O3S2/c1-4-13-27-21-7-5-6-8-22(21)31-24(27)25-23(28)19-9-11-20(12-10-19)32(29,30)26-15-17(2)14-18(3)16-26/h4-12,17-18H,1,13-16H2,2-3H3. The summed E-state index contributed by atoms with van der Waals surface area (Å²) in [6.07, 6.45) is 2.80. The molecule has 2 aromatic carbocycles. The molecule has 1 fully saturated rings. The van der Waals surface area contributed by atoms with Gasteiger partial charge in [-0.3, -0.25) is 4.79 Å². The minimum Gasteiger partial charge on any atom is -0.312 e. The fourth-order valence-electron chi connectivity index (χ4n) is 4.28. The van der Waals surface area contributed by atoms with Crippen LogP contribution in [0.4, 0.5) is 0 Å². The fraction of sp³-hybridized carbons (Fsp3) is 0.333. The molecule has 2 atom stereocenters. The van der Waals surface area contributed by atoms with Crippen LogP contribution in [0.15, 0.2) is 71.1 Å². The van der Waals surface area contributed by atoms with E-state index in [4.69, 9.17) is 0 Å². The Labute approximate surface area is 192 Å². The van der Waals surface area contributed by atoms with Crippen molar-refractivity contribution >= 4 is 37.5 Å². The van der Waals surface area contributed by atoms with Crippen LogP contribution in [0.2, 0.25) is 0 Å². The van der Waals surface area contributed by atoms with Crippen molar-refractivity contribution in [1.82, 2.24) is 8.87 Å². The number of sulfonamides is 1. The van der Waals surface area contributed by atoms with Crippen LogP contribution < -0.4 is 4.80 Å². The van der Waals surface area contributed by atoms with E-state index < -0.39 is 15.9 Å². The van der Waals surface area contributed by atoms with E-state index in [1.807, 2.05) is 28.8 Å². The van der Waals surface area contributed by atoms with E-state index in [0.717, 1.165) is 16.6 Å². The number of thiazole rings is 1. The van der Waals surface area contributed by atoms with Gasteiger partial charge in [-0.2, -0.15) is 9.30 Å². The highest BCUT2D eigenvalue weighted by Crippen LogP contribution is 2.27. The molecule has 1 aliphatic heterocycles. The molecule has 1 amide bonds. The van der Waals surface area contributed by atoms with Crippen molar-refractivity contribution in [1.29, 1.82) is 0 Å². The number of rotatable bonds is 5. The quantitative estimate of drug-likeness (QED) is 0.523. The average Bonchev–Trinajstić information content (AvgIpc) is 3.10. The molecule has 1 aromatic heterocycles. The Morgan fingerprint density at radius 2 is 1.78 bits per heavy atom. The highest BCUT2D eigenvalue weighted by atomic mass is 32.2. The fourth-order valence-corrected chi connectivity index (χ4v) is 7.00. The number of nitrogens with zero attached hydrogens (tertiary/aromatic N) is 3. The highest BCUT2D eigenvalue weighted by molar-refractivity contribution is 7.89. The topological polar surface area (TPSA) is 71.7 Å². The van der Waals surface area contributed by atoms with E-state index in [-0.39, 0.29) is 4.90 Å². The van der Waals surface area contributed by atoms with Crippen LogP contribution in [-0.4, -0.2) is 36.3 Å². The second kappa shape index (κ2) is 9.13. The van der Waals surface area contributed by atoms with Gasteiger partial charge in [-0.05, 0) is 54.7 Å². The number of hydrogen-bond acceptors (Lipinski definition) is 4. The summed E-state index contributed by atoms with van der Waals surface area (Å²) in [7, 11) is -3.58. The third-order valence-electron chi connectivity index (χ3n) is 5.67. The van der Waals surface area contributed by atoms with Crippen LogP contribution in [0.3, 0.4) is 0 Å². The summed E-state index contributed by atoms with van der Waals surface area (Å²) in [6, 6.07) is 14.0. The van der Waals surface area contributed by atoms with Crippen LogP contribution in [0, 0.1) is 11.8 Å². The third kappa shape index (κ3) is 4.48. The third-order valence-corrected chi connectivity index (χ3v) is 8.58. The molecule has 2 heterocycles. The predicted molar refractivity (Wildman–Crippen MR) is 128 cm³/mol. The molecule has 8 heteroatoms. The minimum atomic E-state index is -3.58. The molecular formula is C24H27N3O3S2. The molecule has 1 saturated heterocycles. The number of allylic oxidation sites excluding steroid dienone is 1. The predicted octanol–water partition coefficient (Wildman–Crippen LogP) is 4.30. The van der Waals surface area contributed by atoms with Gasteiger partial charge < -0.3 is 4.57 Å². The number of para-hydroxylation sites is 1. The highest BCUT2D eigenvalue weighted by Gasteiger charge is 2.31. The number of piperidine rings is 1. The maximum Gasteiger partial charge on any atom is 0.279 e. The summed E-state index contributed by atoms with van der Waals surface area (Å²) < 4.78 is 30.7. The number of benzene rings is 2. The van der Waals surface area contributed by atoms with E-state index in [1.54, 1.807) is 22.5 Å². The molecule has 0 radical (unpaired) electrons. The second-order valence-corrected chi connectivity index (χ2v) is 11.4. The van der Waals surface area contributed by atoms with Crippen molar-refractivity contribution in [3.63, 3.8) is 0 Å². The summed E-state index contributed by atoms with van der Waals surface area (Å²) >= 11 is 1.44. The molecule has 2 unspecified atom stereocenters. The zero-order valence-electron chi connectivity index (χ0n) is 18.3. The number of hydrogen-bond donors (Lipinski definition) is 0. The average molecular weight is 470 g/mol. The maximum atomic E-state index is 13.1. The van der Waals surface area contributed by atoms with Crippen LogP contribution in [-0.2, 0) is 16.6 Å². The van der Waals surface area contributed by atoms with Gasteiger partial charge in [-0.15, -0.1) is 6.58 Å². The number of amides is 1. The van der Waals surface area contributed by atoms with E-state index >= 15 is 0 Å². The Hall–Kier alpha value is -2.55. The number of fused-ring (bicyclic) bond motifs is 1. The number of aromatic nitrogens is 1. The molecule has 0 saturated carbocycles. The molecule has 0 aliphatic carbocycles. The van der Waals surface area contributed by atoms with E-state index in [1.165, 1.54) is 23.5 Å². The molecule has 4 rings (SSSR count). The number of carbonyl (C=O) groups excluding carboxylic acids is 1. The summed E-state index contributed by atoms with van der Waals surface area (Å²) in [6.45, 7) is 9.55. The Balaban J connectivity index is 1.62. The van der Waals surface area contributed by atoms with E-state index in [9.17, 15) is 13.2 Å². The van der Waals surface area contributed by atoms with E-state index in [2.05, 4.69) is 25.4 Å². The van der Waals surface area contributed by atoms with Crippen molar-refractivity contribution < 1.29 is 13.2 Å². The smallest absolute Gasteiger partial charge is 0.279 e. The van der Waals surface area contributed by atoms with Gasteiger partial charge in [-0.1, -0.05) is 43.4 Å². The zero-order valence-corrected chi connectivity index (χ0v) is 19.9. The Morgan fingerprint density at radius 3 is 2.44 bits per heavy atom. The molecule has 3 aromatic rings. The van der Waals surface area contributed by atoms with Crippen molar-refractivity contribution in [2.24, 2.45) is 16.8 Å². The van der Waals surface area contributed by atoms with Gasteiger partial charge in [0.15, 0.2) is 4.80 Å². The molecule has 6 nitrogen and oxygen atoms in total. The van der Waals surface area contributed by atoms with Crippen LogP contribution in [0.1, 0.15) is 30.6 Å². The van der Waals surface area contributed by atoms with Crippen LogP contribution in [0.25, 0.3) is 10.2 Å². The maximum absolute atomic E-state index is 13.1. The Bertz CT molecular complexity index is 1310. The first-order valence-electron chi connectivity index (χ1n) is 10.7. The van der Waals surface area contributed by atoms with Crippen LogP contribution in [0.5, 0.6) is 0 Å². The van der Waals surface area contributed by atoms with E-state index in [0.29, 0.717) is 41.8 Å². The molecule has 0 N–H and O–H groups in total. The first-order valence-corrected chi connectivity index (χ1v) is 12.9. The SMILES string of the molecule is C=CCn1c(=NC(=O)c2ccc(S(=O)(=O)N3CC(C)CC(C)C3)cc2)sc2ccccc21. The molecule has 168 valence electrons. The summed E-state index contributed by atoms with van der Waals surface area (Å²) in [5, 5.41) is 0. The normalized spacial score (nSPS) is 20.5. The molecule has 1 aliphatic rings. The van der Waals surface area contributed by atoms with Crippen molar-refractivity contribution in [2.45, 2.75) is 31.7 Å². The summed E-state index contributed by atoms with van der Waals surface area (Å²) in [5.41, 5.74) is 1.35. The first-order chi connectivity index (χ1) is 15.3. The van der Waals surface area contributed by atoms with Crippen molar-refractivity contribution in [3.8, 4) is 0 Å². The van der Waals surface area contributed by atoms with Gasteiger partial charge in [0.1, 0.15) is 0 Å². The lowest BCUT2D eigenvalue weighted by Crippen LogP contribution is -2.42. The first kappa shape index (κ1) is 22.6. The lowest BCUT2D eigenvalue weighted by molar-refractivity contribution is 0.0998. The second-order valence-electron chi connectivity index (χ2n) is 8.46. The van der Waals surface area contributed by atoms with Crippen LogP contribution >= 0.6 is 11.3 Å². The zero-order chi connectivity index (χ0) is 22.9. The van der Waals surface area contributed by atoms with Crippen molar-refractivity contribution in [3.05, 3.63) is 71.6 Å². The van der Waals surface area contributed by atoms with Gasteiger partial charge in [0.2, 0.25) is 10.0 Å². The van der Waals surface area contributed by atoms with Gasteiger partial charge in [0.25, 0.3) is 5.91 Å². The minimum absolute atomic E-state index is 0.207. The van der Waals surface area contributed by atoms with Gasteiger partial charge in [-0.25, -0.2) is 8.42 Å². The lowest BCUT2D eigenvalue weighted by Gasteiger charge is -2.34. The monoisotopic (exact) mass is 469 g/mol. The largest absolute Gasteiger partial charge is 0.312 e.